The average Bonchev–Trinajstić information content (AvgIpc) is 2.81. The Morgan fingerprint density at radius 3 is 2.81 bits per heavy atom. The molecule has 0 bridgehead atoms. The minimum Gasteiger partial charge on any atom is -0.472 e. The van der Waals surface area contributed by atoms with Crippen molar-refractivity contribution >= 4 is 11.5 Å². The van der Waals surface area contributed by atoms with E-state index in [1.165, 1.54) is 18.6 Å². The fourth-order valence-corrected chi connectivity index (χ4v) is 1.35. The van der Waals surface area contributed by atoms with Gasteiger partial charge in [0.05, 0.1) is 17.4 Å². The number of pyridine rings is 1. The highest BCUT2D eigenvalue weighted by Gasteiger charge is 2.18. The van der Waals surface area contributed by atoms with Crippen LogP contribution >= 0.6 is 0 Å². The first kappa shape index (κ1) is 10.2. The summed E-state index contributed by atoms with van der Waals surface area (Å²) < 4.78 is 4.89. The molecule has 2 aromatic rings. The van der Waals surface area contributed by atoms with Gasteiger partial charge in [0.25, 0.3) is 5.69 Å². The third kappa shape index (κ3) is 1.72. The van der Waals surface area contributed by atoms with Crippen LogP contribution in [0.3, 0.4) is 0 Å². The van der Waals surface area contributed by atoms with Crippen LogP contribution in [0.25, 0.3) is 11.3 Å². The number of furan rings is 1. The van der Waals surface area contributed by atoms with E-state index in [2.05, 4.69) is 10.3 Å². The first-order chi connectivity index (χ1) is 7.72. The van der Waals surface area contributed by atoms with Crippen molar-refractivity contribution in [2.75, 3.05) is 12.4 Å². The van der Waals surface area contributed by atoms with E-state index in [0.717, 1.165) is 0 Å². The fourth-order valence-electron chi connectivity index (χ4n) is 1.35. The normalized spacial score (nSPS) is 10.1. The molecule has 0 aliphatic rings. The molecule has 16 heavy (non-hydrogen) atoms. The van der Waals surface area contributed by atoms with Gasteiger partial charge >= 0.3 is 0 Å². The van der Waals surface area contributed by atoms with Crippen molar-refractivity contribution in [3.05, 3.63) is 40.8 Å². The second-order valence-corrected chi connectivity index (χ2v) is 3.08. The lowest BCUT2D eigenvalue weighted by molar-refractivity contribution is -0.384. The Hall–Kier alpha value is -2.37. The lowest BCUT2D eigenvalue weighted by Crippen LogP contribution is -1.98. The lowest BCUT2D eigenvalue weighted by Gasteiger charge is -2.02. The van der Waals surface area contributed by atoms with Crippen molar-refractivity contribution in [1.29, 1.82) is 0 Å². The number of nitro groups is 1. The highest BCUT2D eigenvalue weighted by atomic mass is 16.6. The largest absolute Gasteiger partial charge is 0.472 e. The maximum absolute atomic E-state index is 10.8. The van der Waals surface area contributed by atoms with Crippen molar-refractivity contribution < 1.29 is 9.34 Å². The first-order valence-electron chi connectivity index (χ1n) is 4.58. The molecule has 2 heterocycles. The van der Waals surface area contributed by atoms with Gasteiger partial charge in [-0.05, 0) is 12.1 Å². The second kappa shape index (κ2) is 4.01. The Morgan fingerprint density at radius 1 is 1.44 bits per heavy atom. The van der Waals surface area contributed by atoms with Gasteiger partial charge in [0.1, 0.15) is 5.82 Å². The van der Waals surface area contributed by atoms with Gasteiger partial charge in [0.2, 0.25) is 0 Å². The second-order valence-electron chi connectivity index (χ2n) is 3.08. The van der Waals surface area contributed by atoms with Crippen LogP contribution in [0.4, 0.5) is 11.5 Å². The highest BCUT2D eigenvalue weighted by molar-refractivity contribution is 5.70. The zero-order chi connectivity index (χ0) is 11.5. The molecular formula is C10H9N3O3. The number of nitrogens with one attached hydrogen (secondary N) is 1. The summed E-state index contributed by atoms with van der Waals surface area (Å²) in [5.74, 6) is 0.571. The van der Waals surface area contributed by atoms with Crippen LogP contribution in [0, 0.1) is 10.1 Å². The molecule has 82 valence electrons. The van der Waals surface area contributed by atoms with Gasteiger partial charge in [-0.15, -0.1) is 0 Å². The summed E-state index contributed by atoms with van der Waals surface area (Å²) in [6.07, 6.45) is 2.88. The zero-order valence-corrected chi connectivity index (χ0v) is 8.51. The van der Waals surface area contributed by atoms with Gasteiger partial charge < -0.3 is 9.73 Å². The summed E-state index contributed by atoms with van der Waals surface area (Å²) in [4.78, 5) is 14.5. The summed E-state index contributed by atoms with van der Waals surface area (Å²) in [6, 6.07) is 4.61. The molecule has 0 saturated carbocycles. The van der Waals surface area contributed by atoms with E-state index in [1.807, 2.05) is 0 Å². The van der Waals surface area contributed by atoms with Crippen LogP contribution in [0.1, 0.15) is 0 Å². The van der Waals surface area contributed by atoms with Gasteiger partial charge in [0, 0.05) is 18.7 Å². The smallest absolute Gasteiger partial charge is 0.295 e. The molecule has 0 unspecified atom stereocenters. The molecule has 0 aliphatic carbocycles. The van der Waals surface area contributed by atoms with Gasteiger partial charge in [0.15, 0.2) is 5.69 Å². The maximum Gasteiger partial charge on any atom is 0.295 e. The molecule has 6 heteroatoms. The summed E-state index contributed by atoms with van der Waals surface area (Å²) in [7, 11) is 1.70. The van der Waals surface area contributed by atoms with Crippen LogP contribution in [0.5, 0.6) is 0 Å². The van der Waals surface area contributed by atoms with Crippen molar-refractivity contribution in [2.24, 2.45) is 0 Å². The minimum atomic E-state index is -0.464. The molecule has 2 rings (SSSR count). The Bertz CT molecular complexity index is 508. The third-order valence-electron chi connectivity index (χ3n) is 2.12. The predicted octanol–water partition coefficient (Wildman–Crippen LogP) is 2.29. The summed E-state index contributed by atoms with van der Waals surface area (Å²) in [5, 5.41) is 13.7. The number of rotatable bonds is 3. The average molecular weight is 219 g/mol. The quantitative estimate of drug-likeness (QED) is 0.632. The number of anilines is 1. The maximum atomic E-state index is 10.8. The summed E-state index contributed by atoms with van der Waals surface area (Å²) >= 11 is 0. The Kier molecular flexibility index (Phi) is 2.55. The zero-order valence-electron chi connectivity index (χ0n) is 8.51. The highest BCUT2D eigenvalue weighted by Crippen LogP contribution is 2.29. The third-order valence-corrected chi connectivity index (χ3v) is 2.12. The topological polar surface area (TPSA) is 81.2 Å². The van der Waals surface area contributed by atoms with Gasteiger partial charge in [-0.2, -0.15) is 0 Å². The number of nitrogens with zero attached hydrogens (tertiary/aromatic N) is 2. The van der Waals surface area contributed by atoms with Crippen LogP contribution in [0.2, 0.25) is 0 Å². The van der Waals surface area contributed by atoms with Crippen molar-refractivity contribution in [2.45, 2.75) is 0 Å². The van der Waals surface area contributed by atoms with Crippen molar-refractivity contribution in [3.63, 3.8) is 0 Å². The van der Waals surface area contributed by atoms with E-state index in [9.17, 15) is 10.1 Å². The molecule has 1 N–H and O–H groups in total. The van der Waals surface area contributed by atoms with Gasteiger partial charge in [-0.3, -0.25) is 10.1 Å². The molecule has 0 amide bonds. The van der Waals surface area contributed by atoms with Gasteiger partial charge in [-0.1, -0.05) is 0 Å². The Labute approximate surface area is 91.1 Å². The SMILES string of the molecule is CNc1ccc([N+](=O)[O-])c(-c2ccoc2)n1. The Morgan fingerprint density at radius 2 is 2.25 bits per heavy atom. The standard InChI is InChI=1S/C10H9N3O3/c1-11-9-3-2-8(13(14)15)10(12-9)7-4-5-16-6-7/h2-6H,1H3,(H,11,12). The van der Waals surface area contributed by atoms with Crippen LogP contribution in [-0.2, 0) is 0 Å². The molecule has 0 aromatic carbocycles. The molecule has 0 atom stereocenters. The van der Waals surface area contributed by atoms with Crippen LogP contribution in [0.15, 0.2) is 35.1 Å². The molecule has 2 aromatic heterocycles. The fraction of sp³-hybridized carbons (Fsp3) is 0.100. The molecule has 0 spiro atoms. The van der Waals surface area contributed by atoms with Crippen LogP contribution in [-0.4, -0.2) is 17.0 Å². The van der Waals surface area contributed by atoms with E-state index < -0.39 is 4.92 Å². The number of aromatic nitrogens is 1. The molecule has 0 fully saturated rings. The summed E-state index contributed by atoms with van der Waals surface area (Å²) in [5.41, 5.74) is 0.842. The van der Waals surface area contributed by atoms with E-state index in [-0.39, 0.29) is 5.69 Å². The Balaban J connectivity index is 2.59. The number of hydrogen-bond donors (Lipinski definition) is 1. The van der Waals surface area contributed by atoms with Crippen molar-refractivity contribution in [1.82, 2.24) is 4.98 Å². The predicted molar refractivity (Wildman–Crippen MR) is 58.1 cm³/mol. The summed E-state index contributed by atoms with van der Waals surface area (Å²) in [6.45, 7) is 0. The molecule has 0 aliphatic heterocycles. The lowest BCUT2D eigenvalue weighted by atomic mass is 10.2. The van der Waals surface area contributed by atoms with E-state index in [1.54, 1.807) is 19.2 Å². The number of hydrogen-bond acceptors (Lipinski definition) is 5. The van der Waals surface area contributed by atoms with Gasteiger partial charge in [-0.25, -0.2) is 4.98 Å². The molecule has 6 nitrogen and oxygen atoms in total. The monoisotopic (exact) mass is 219 g/mol. The molecule has 0 radical (unpaired) electrons. The van der Waals surface area contributed by atoms with E-state index >= 15 is 0 Å². The van der Waals surface area contributed by atoms with Crippen LogP contribution < -0.4 is 5.32 Å². The molecular weight excluding hydrogens is 210 g/mol. The molecule has 0 saturated heterocycles. The van der Waals surface area contributed by atoms with E-state index in [4.69, 9.17) is 4.42 Å². The van der Waals surface area contributed by atoms with Crippen molar-refractivity contribution in [3.8, 4) is 11.3 Å². The van der Waals surface area contributed by atoms with E-state index in [0.29, 0.717) is 17.1 Å². The first-order valence-corrected chi connectivity index (χ1v) is 4.58. The minimum absolute atomic E-state index is 0.0413.